The van der Waals surface area contributed by atoms with Crippen molar-refractivity contribution in [2.75, 3.05) is 25.4 Å². The monoisotopic (exact) mass is 405 g/mol. The van der Waals surface area contributed by atoms with Gasteiger partial charge in [0.2, 0.25) is 5.91 Å². The molecule has 4 rings (SSSR count). The van der Waals surface area contributed by atoms with Crippen LogP contribution in [0.15, 0.2) is 48.8 Å². The van der Waals surface area contributed by atoms with Gasteiger partial charge >= 0.3 is 0 Å². The van der Waals surface area contributed by atoms with E-state index in [1.54, 1.807) is 0 Å². The van der Waals surface area contributed by atoms with E-state index < -0.39 is 0 Å². The van der Waals surface area contributed by atoms with E-state index in [1.807, 2.05) is 52.3 Å². The number of hydrogen-bond donors (Lipinski definition) is 1. The Hall–Kier alpha value is -3.30. The average Bonchev–Trinajstić information content (AvgIpc) is 2.72. The maximum atomic E-state index is 12.6. The van der Waals surface area contributed by atoms with Gasteiger partial charge in [0.15, 0.2) is 0 Å². The molecule has 0 unspecified atom stereocenters. The van der Waals surface area contributed by atoms with Crippen LogP contribution in [0.2, 0.25) is 5.02 Å². The maximum absolute atomic E-state index is 12.6. The number of carbonyl (C=O) groups is 1. The number of fused-ring (bicyclic) bond motifs is 1. The molecule has 29 heavy (non-hydrogen) atoms. The number of nitrogens with zero attached hydrogens (tertiary/aromatic N) is 4. The fourth-order valence-corrected chi connectivity index (χ4v) is 3.39. The van der Waals surface area contributed by atoms with Crippen molar-refractivity contribution in [2.24, 2.45) is 0 Å². The van der Waals surface area contributed by atoms with Crippen LogP contribution in [0, 0.1) is 12.0 Å². The van der Waals surface area contributed by atoms with E-state index in [4.69, 9.17) is 17.3 Å². The van der Waals surface area contributed by atoms with Crippen LogP contribution in [0.25, 0.3) is 10.9 Å². The third kappa shape index (κ3) is 4.58. The summed E-state index contributed by atoms with van der Waals surface area (Å²) >= 11 is 5.89. The molecule has 3 aromatic rings. The molecule has 2 heterocycles. The SMILES string of the molecule is Nc1ncnc2cc(CN3CCN(C#CCc4ccc(Cl)cc4)CC3=O)ccc12. The largest absolute Gasteiger partial charge is 0.383 e. The second kappa shape index (κ2) is 8.38. The molecule has 0 radical (unpaired) electrons. The van der Waals surface area contributed by atoms with Crippen LogP contribution in [-0.2, 0) is 17.8 Å². The fraction of sp³-hybridized carbons (Fsp3) is 0.227. The van der Waals surface area contributed by atoms with Gasteiger partial charge in [0, 0.05) is 42.5 Å². The number of halogens is 1. The molecule has 1 aromatic heterocycles. The van der Waals surface area contributed by atoms with Gasteiger partial charge in [-0.05, 0) is 35.4 Å². The molecule has 0 spiro atoms. The van der Waals surface area contributed by atoms with Crippen molar-refractivity contribution >= 4 is 34.2 Å². The number of anilines is 1. The van der Waals surface area contributed by atoms with Gasteiger partial charge in [0.1, 0.15) is 18.7 Å². The van der Waals surface area contributed by atoms with E-state index in [9.17, 15) is 4.79 Å². The summed E-state index contributed by atoms with van der Waals surface area (Å²) in [7, 11) is 0. The molecule has 2 N–H and O–H groups in total. The molecule has 6 nitrogen and oxygen atoms in total. The minimum absolute atomic E-state index is 0.0688. The third-order valence-corrected chi connectivity index (χ3v) is 5.12. The van der Waals surface area contributed by atoms with Gasteiger partial charge < -0.3 is 15.5 Å². The predicted octanol–water partition coefficient (Wildman–Crippen LogP) is 2.71. The number of benzene rings is 2. The van der Waals surface area contributed by atoms with Crippen molar-refractivity contribution in [3.05, 3.63) is 64.9 Å². The Morgan fingerprint density at radius 2 is 1.86 bits per heavy atom. The lowest BCUT2D eigenvalue weighted by molar-refractivity contribution is -0.135. The minimum Gasteiger partial charge on any atom is -0.383 e. The Balaban J connectivity index is 1.35. The van der Waals surface area contributed by atoms with E-state index in [2.05, 4.69) is 21.9 Å². The number of nitrogen functional groups attached to an aromatic ring is 1. The molecular formula is C22H20ClN5O. The van der Waals surface area contributed by atoms with Gasteiger partial charge in [0.05, 0.1) is 5.52 Å². The van der Waals surface area contributed by atoms with Crippen LogP contribution in [-0.4, -0.2) is 45.3 Å². The third-order valence-electron chi connectivity index (χ3n) is 4.87. The molecule has 0 bridgehead atoms. The Kier molecular flexibility index (Phi) is 5.50. The summed E-state index contributed by atoms with van der Waals surface area (Å²) in [5, 5.41) is 1.54. The minimum atomic E-state index is 0.0688. The highest BCUT2D eigenvalue weighted by Crippen LogP contribution is 2.19. The molecule has 7 heteroatoms. The predicted molar refractivity (Wildman–Crippen MR) is 114 cm³/mol. The van der Waals surface area contributed by atoms with Gasteiger partial charge in [0.25, 0.3) is 0 Å². The van der Waals surface area contributed by atoms with Crippen molar-refractivity contribution in [3.63, 3.8) is 0 Å². The standard InChI is InChI=1S/C22H20ClN5O/c23-18-6-3-16(4-7-18)2-1-9-27-10-11-28(21(29)14-27)13-17-5-8-19-20(12-17)25-15-26-22(19)24/h3-8,12,15H,2,10-11,13-14H2,(H2,24,25,26). The van der Waals surface area contributed by atoms with Crippen molar-refractivity contribution in [3.8, 4) is 12.0 Å². The molecule has 146 valence electrons. The van der Waals surface area contributed by atoms with Gasteiger partial charge in [-0.25, -0.2) is 9.97 Å². The first-order valence-electron chi connectivity index (χ1n) is 9.33. The van der Waals surface area contributed by atoms with Gasteiger partial charge in [-0.2, -0.15) is 0 Å². The number of rotatable bonds is 3. The summed E-state index contributed by atoms with van der Waals surface area (Å²) < 4.78 is 0. The lowest BCUT2D eigenvalue weighted by Crippen LogP contribution is -2.48. The van der Waals surface area contributed by atoms with Gasteiger partial charge in [-0.15, -0.1) is 0 Å². The van der Waals surface area contributed by atoms with Crippen LogP contribution < -0.4 is 5.73 Å². The number of piperazine rings is 1. The molecule has 1 fully saturated rings. The number of carbonyl (C=O) groups excluding carboxylic acids is 1. The van der Waals surface area contributed by atoms with E-state index in [1.165, 1.54) is 6.33 Å². The van der Waals surface area contributed by atoms with E-state index in [-0.39, 0.29) is 5.91 Å². The average molecular weight is 406 g/mol. The van der Waals surface area contributed by atoms with E-state index in [0.29, 0.717) is 36.9 Å². The zero-order valence-corrected chi connectivity index (χ0v) is 16.6. The first-order chi connectivity index (χ1) is 14.1. The second-order valence-corrected chi connectivity index (χ2v) is 7.38. The van der Waals surface area contributed by atoms with E-state index in [0.717, 1.165) is 28.6 Å². The van der Waals surface area contributed by atoms with Crippen LogP contribution in [0.3, 0.4) is 0 Å². The summed E-state index contributed by atoms with van der Waals surface area (Å²) in [6.07, 6.45) is 2.09. The van der Waals surface area contributed by atoms with Gasteiger partial charge in [-0.1, -0.05) is 35.7 Å². The first kappa shape index (κ1) is 19.0. The van der Waals surface area contributed by atoms with Crippen molar-refractivity contribution in [1.82, 2.24) is 19.8 Å². The lowest BCUT2D eigenvalue weighted by Gasteiger charge is -2.32. The van der Waals surface area contributed by atoms with Gasteiger partial charge in [-0.3, -0.25) is 4.79 Å². The molecule has 1 aliphatic rings. The zero-order chi connectivity index (χ0) is 20.2. The first-order valence-corrected chi connectivity index (χ1v) is 9.71. The topological polar surface area (TPSA) is 75.3 Å². The van der Waals surface area contributed by atoms with Crippen molar-refractivity contribution < 1.29 is 4.79 Å². The number of hydrogen-bond acceptors (Lipinski definition) is 5. The quantitative estimate of drug-likeness (QED) is 0.678. The summed E-state index contributed by atoms with van der Waals surface area (Å²) in [5.41, 5.74) is 8.78. The maximum Gasteiger partial charge on any atom is 0.243 e. The summed E-state index contributed by atoms with van der Waals surface area (Å²) in [6, 6.07) is 16.6. The second-order valence-electron chi connectivity index (χ2n) is 6.94. The molecule has 1 aliphatic heterocycles. The van der Waals surface area contributed by atoms with Crippen molar-refractivity contribution in [1.29, 1.82) is 0 Å². The Labute approximate surface area is 174 Å². The van der Waals surface area contributed by atoms with E-state index >= 15 is 0 Å². The Morgan fingerprint density at radius 3 is 2.66 bits per heavy atom. The lowest BCUT2D eigenvalue weighted by atomic mass is 10.1. The molecule has 2 aromatic carbocycles. The highest BCUT2D eigenvalue weighted by atomic mass is 35.5. The highest BCUT2D eigenvalue weighted by Gasteiger charge is 2.22. The Morgan fingerprint density at radius 1 is 1.07 bits per heavy atom. The fourth-order valence-electron chi connectivity index (χ4n) is 3.27. The molecule has 0 aliphatic carbocycles. The highest BCUT2D eigenvalue weighted by molar-refractivity contribution is 6.30. The normalized spacial score (nSPS) is 14.0. The molecule has 1 saturated heterocycles. The van der Waals surface area contributed by atoms with Crippen LogP contribution in [0.4, 0.5) is 5.82 Å². The summed E-state index contributed by atoms with van der Waals surface area (Å²) in [6.45, 7) is 2.21. The molecule has 0 atom stereocenters. The number of nitrogens with two attached hydrogens (primary N) is 1. The zero-order valence-electron chi connectivity index (χ0n) is 15.8. The number of aromatic nitrogens is 2. The molecular weight excluding hydrogens is 386 g/mol. The smallest absolute Gasteiger partial charge is 0.243 e. The Bertz CT molecular complexity index is 1100. The van der Waals surface area contributed by atoms with Crippen molar-refractivity contribution in [2.45, 2.75) is 13.0 Å². The molecule has 0 saturated carbocycles. The number of amides is 1. The van der Waals surface area contributed by atoms with Crippen LogP contribution in [0.5, 0.6) is 0 Å². The van der Waals surface area contributed by atoms with Crippen LogP contribution in [0.1, 0.15) is 11.1 Å². The summed E-state index contributed by atoms with van der Waals surface area (Å²) in [4.78, 5) is 24.5. The van der Waals surface area contributed by atoms with Crippen LogP contribution >= 0.6 is 11.6 Å². The molecule has 1 amide bonds. The summed E-state index contributed by atoms with van der Waals surface area (Å²) in [5.74, 6) is 3.67.